The number of carboxylic acids is 1. The molecule has 0 aromatic carbocycles. The lowest BCUT2D eigenvalue weighted by atomic mass is 10.3. The van der Waals surface area contributed by atoms with Gasteiger partial charge in [0.15, 0.2) is 0 Å². The molecule has 0 radical (unpaired) electrons. The molecule has 0 fully saturated rings. The monoisotopic (exact) mass is 277 g/mol. The van der Waals surface area contributed by atoms with E-state index in [-0.39, 0.29) is 0 Å². The number of alkyl halides is 3. The van der Waals surface area contributed by atoms with Gasteiger partial charge in [0.25, 0.3) is 0 Å². The van der Waals surface area contributed by atoms with Crippen LogP contribution in [-0.4, -0.2) is 36.3 Å². The second-order valence-electron chi connectivity index (χ2n) is 3.60. The fourth-order valence-corrected chi connectivity index (χ4v) is 1.22. The van der Waals surface area contributed by atoms with Crippen molar-refractivity contribution in [2.24, 2.45) is 0 Å². The van der Waals surface area contributed by atoms with Crippen molar-refractivity contribution in [2.45, 2.75) is 6.18 Å². The largest absolute Gasteiger partial charge is 0.542 e. The molecule has 0 saturated carbocycles. The van der Waals surface area contributed by atoms with Gasteiger partial charge in [-0.05, 0) is 24.8 Å². The first-order valence-electron chi connectivity index (χ1n) is 5.29. The predicted molar refractivity (Wildman–Crippen MR) is 66.7 cm³/mol. The fourth-order valence-electron chi connectivity index (χ4n) is 1.22. The lowest BCUT2D eigenvalue weighted by Crippen LogP contribution is -2.42. The van der Waals surface area contributed by atoms with Gasteiger partial charge in [-0.15, -0.1) is 0 Å². The van der Waals surface area contributed by atoms with Crippen LogP contribution in [0.1, 0.15) is 0 Å². The number of halogens is 3. The van der Waals surface area contributed by atoms with Crippen LogP contribution in [0.15, 0.2) is 50.7 Å². The van der Waals surface area contributed by atoms with E-state index in [2.05, 4.69) is 26.3 Å². The van der Waals surface area contributed by atoms with Crippen LogP contribution in [-0.2, 0) is 4.79 Å². The van der Waals surface area contributed by atoms with Crippen LogP contribution >= 0.6 is 0 Å². The van der Waals surface area contributed by atoms with Gasteiger partial charge >= 0.3 is 6.18 Å². The number of carboxylic acid groups (broad SMARTS) is 1. The van der Waals surface area contributed by atoms with Crippen LogP contribution in [0, 0.1) is 0 Å². The summed E-state index contributed by atoms with van der Waals surface area (Å²) in [4.78, 5) is 8.78. The minimum absolute atomic E-state index is 0.760. The molecule has 0 atom stereocenters. The highest BCUT2D eigenvalue weighted by atomic mass is 19.4. The highest BCUT2D eigenvalue weighted by molar-refractivity contribution is 5.70. The Hall–Kier alpha value is -1.82. The number of nitrogens with zero attached hydrogens (tertiary/aromatic N) is 1. The minimum Gasteiger partial charge on any atom is -0.542 e. The second kappa shape index (κ2) is 9.16. The zero-order chi connectivity index (χ0) is 15.5. The smallest absolute Gasteiger partial charge is 0.430 e. The molecule has 0 N–H and O–H groups in total. The summed E-state index contributed by atoms with van der Waals surface area (Å²) in [6, 6.07) is 0. The van der Waals surface area contributed by atoms with Gasteiger partial charge in [0.2, 0.25) is 0 Å². The Morgan fingerprint density at radius 2 is 1.26 bits per heavy atom. The standard InChI is InChI=1S/C11H18N.C2HF3O2/c1-5-9-12(8-4,10-6-2)11-7-3;3-2(4,5)1(6)7/h5-8H,1-4,9-11H2;(H,6,7)/q+1;/p-1. The normalized spacial score (nSPS) is 10.7. The Kier molecular flexibility index (Phi) is 9.41. The highest BCUT2D eigenvalue weighted by Gasteiger charge is 2.28. The molecule has 6 heteroatoms. The summed E-state index contributed by atoms with van der Waals surface area (Å²) in [6.07, 6.45) is 2.42. The van der Waals surface area contributed by atoms with Crippen LogP contribution in [0.4, 0.5) is 13.2 Å². The molecule has 108 valence electrons. The first-order valence-corrected chi connectivity index (χ1v) is 5.29. The van der Waals surface area contributed by atoms with E-state index in [1.807, 2.05) is 24.4 Å². The number of carbonyl (C=O) groups is 1. The Labute approximate surface area is 111 Å². The van der Waals surface area contributed by atoms with E-state index in [1.54, 1.807) is 0 Å². The topological polar surface area (TPSA) is 40.1 Å². The van der Waals surface area contributed by atoms with Gasteiger partial charge in [0, 0.05) is 0 Å². The fraction of sp³-hybridized carbons (Fsp3) is 0.308. The SMILES string of the molecule is C=CC[N+](C=C)(CC=C)CC=C.O=C([O-])C(F)(F)F. The van der Waals surface area contributed by atoms with E-state index in [9.17, 15) is 13.2 Å². The molecule has 0 bridgehead atoms. The molecule has 19 heavy (non-hydrogen) atoms. The zero-order valence-electron chi connectivity index (χ0n) is 10.7. The van der Waals surface area contributed by atoms with Crippen LogP contribution in [0.3, 0.4) is 0 Å². The average Bonchev–Trinajstić information content (AvgIpc) is 2.29. The molecule has 0 amide bonds. The van der Waals surface area contributed by atoms with E-state index in [0.717, 1.165) is 24.1 Å². The average molecular weight is 277 g/mol. The van der Waals surface area contributed by atoms with Crippen molar-refractivity contribution in [3.63, 3.8) is 0 Å². The molecule has 0 aliphatic heterocycles. The third-order valence-electron chi connectivity index (χ3n) is 2.10. The molecule has 0 rings (SSSR count). The maximum absolute atomic E-state index is 10.5. The van der Waals surface area contributed by atoms with Gasteiger partial charge in [-0.1, -0.05) is 19.7 Å². The van der Waals surface area contributed by atoms with E-state index in [0.29, 0.717) is 0 Å². The molecule has 0 saturated heterocycles. The van der Waals surface area contributed by atoms with Crippen molar-refractivity contribution >= 4 is 5.97 Å². The lowest BCUT2D eigenvalue weighted by molar-refractivity contribution is -0.861. The van der Waals surface area contributed by atoms with Gasteiger partial charge in [0.05, 0.1) is 6.20 Å². The third-order valence-corrected chi connectivity index (χ3v) is 2.10. The molecule has 0 aromatic rings. The van der Waals surface area contributed by atoms with E-state index < -0.39 is 12.1 Å². The molecule has 0 aliphatic rings. The first-order chi connectivity index (χ1) is 8.69. The molecule has 0 aliphatic carbocycles. The predicted octanol–water partition coefficient (Wildman–Crippen LogP) is 1.80. The molecule has 0 unspecified atom stereocenters. The second-order valence-corrected chi connectivity index (χ2v) is 3.60. The Morgan fingerprint density at radius 3 is 1.37 bits per heavy atom. The van der Waals surface area contributed by atoms with E-state index in [1.165, 1.54) is 0 Å². The number of hydrogen-bond donors (Lipinski definition) is 0. The summed E-state index contributed by atoms with van der Waals surface area (Å²) in [5.41, 5.74) is 0. The van der Waals surface area contributed by atoms with Gasteiger partial charge in [-0.2, -0.15) is 13.2 Å². The molecule has 3 nitrogen and oxygen atoms in total. The summed E-state index contributed by atoms with van der Waals surface area (Å²) in [6.45, 7) is 17.6. The third kappa shape index (κ3) is 8.84. The van der Waals surface area contributed by atoms with Gasteiger partial charge in [-0.3, -0.25) is 4.48 Å². The molecule has 0 heterocycles. The van der Waals surface area contributed by atoms with Gasteiger partial charge in [-0.25, -0.2) is 0 Å². The van der Waals surface area contributed by atoms with Crippen molar-refractivity contribution in [2.75, 3.05) is 19.6 Å². The lowest BCUT2D eigenvalue weighted by Gasteiger charge is -2.31. The molecular formula is C13H18F3NO2. The zero-order valence-corrected chi connectivity index (χ0v) is 10.7. The Balaban J connectivity index is 0. The molecular weight excluding hydrogens is 259 g/mol. The Morgan fingerprint density at radius 1 is 1.00 bits per heavy atom. The van der Waals surface area contributed by atoms with Crippen LogP contribution < -0.4 is 5.11 Å². The van der Waals surface area contributed by atoms with Crippen LogP contribution in [0.25, 0.3) is 0 Å². The number of quaternary nitrogens is 1. The number of hydrogen-bond acceptors (Lipinski definition) is 2. The van der Waals surface area contributed by atoms with Crippen LogP contribution in [0.5, 0.6) is 0 Å². The van der Waals surface area contributed by atoms with Crippen LogP contribution in [0.2, 0.25) is 0 Å². The number of rotatable bonds is 7. The Bertz CT molecular complexity index is 309. The highest BCUT2D eigenvalue weighted by Crippen LogP contribution is 2.11. The maximum Gasteiger partial charge on any atom is 0.430 e. The van der Waals surface area contributed by atoms with Crippen molar-refractivity contribution in [1.29, 1.82) is 0 Å². The van der Waals surface area contributed by atoms with Gasteiger partial charge in [0.1, 0.15) is 25.6 Å². The van der Waals surface area contributed by atoms with Crippen molar-refractivity contribution in [3.05, 3.63) is 50.7 Å². The van der Waals surface area contributed by atoms with E-state index >= 15 is 0 Å². The van der Waals surface area contributed by atoms with Gasteiger partial charge < -0.3 is 9.90 Å². The van der Waals surface area contributed by atoms with E-state index in [4.69, 9.17) is 9.90 Å². The van der Waals surface area contributed by atoms with Crippen molar-refractivity contribution in [1.82, 2.24) is 0 Å². The summed E-state index contributed by atoms with van der Waals surface area (Å²) < 4.78 is 32.3. The number of carbonyl (C=O) groups excluding carboxylic acids is 1. The quantitative estimate of drug-likeness (QED) is 0.526. The molecule has 0 spiro atoms. The molecule has 0 aromatic heterocycles. The minimum atomic E-state index is -5.19. The summed E-state index contributed by atoms with van der Waals surface area (Å²) in [5.74, 6) is -3.01. The summed E-state index contributed by atoms with van der Waals surface area (Å²) in [5, 5.41) is 8.78. The van der Waals surface area contributed by atoms with Crippen molar-refractivity contribution < 1.29 is 27.6 Å². The summed E-state index contributed by atoms with van der Waals surface area (Å²) >= 11 is 0. The van der Waals surface area contributed by atoms with Crippen molar-refractivity contribution in [3.8, 4) is 0 Å². The first kappa shape index (κ1) is 19.5. The maximum atomic E-state index is 10.5. The number of aliphatic carboxylic acids is 1. The summed E-state index contributed by atoms with van der Waals surface area (Å²) in [7, 11) is 0.